The van der Waals surface area contributed by atoms with E-state index in [1.165, 1.54) is 36.4 Å². The standard InChI is InChI=1S/C21H16FN3O3S/c22-17-5-11-20(12-6-17)29(27,28)25-19-9-3-16(4-10-19)21(26)24-18-7-1-15(2-8-18)13-14-23/h1-12,25H,13H2,(H,24,26). The number of halogens is 1. The molecule has 8 heteroatoms. The van der Waals surface area contributed by atoms with Crippen LogP contribution in [0, 0.1) is 17.1 Å². The number of sulfonamides is 1. The van der Waals surface area contributed by atoms with Crippen molar-refractivity contribution in [1.29, 1.82) is 5.26 Å². The Hall–Kier alpha value is -3.70. The van der Waals surface area contributed by atoms with Crippen LogP contribution in [0.4, 0.5) is 15.8 Å². The van der Waals surface area contributed by atoms with Gasteiger partial charge < -0.3 is 5.32 Å². The molecule has 3 rings (SSSR count). The summed E-state index contributed by atoms with van der Waals surface area (Å²) in [6.45, 7) is 0. The fourth-order valence-corrected chi connectivity index (χ4v) is 3.58. The molecule has 0 saturated heterocycles. The first-order chi connectivity index (χ1) is 13.9. The monoisotopic (exact) mass is 409 g/mol. The highest BCUT2D eigenvalue weighted by molar-refractivity contribution is 7.92. The van der Waals surface area contributed by atoms with Crippen LogP contribution in [0.15, 0.2) is 77.7 Å². The highest BCUT2D eigenvalue weighted by Crippen LogP contribution is 2.18. The van der Waals surface area contributed by atoms with Crippen molar-refractivity contribution in [1.82, 2.24) is 0 Å². The van der Waals surface area contributed by atoms with Crippen molar-refractivity contribution < 1.29 is 17.6 Å². The third kappa shape index (κ3) is 5.18. The average Bonchev–Trinajstić information content (AvgIpc) is 2.70. The third-order valence-corrected chi connectivity index (χ3v) is 5.42. The van der Waals surface area contributed by atoms with Crippen molar-refractivity contribution in [2.45, 2.75) is 11.3 Å². The van der Waals surface area contributed by atoms with Gasteiger partial charge in [0.25, 0.3) is 15.9 Å². The van der Waals surface area contributed by atoms with Crippen LogP contribution in [0.2, 0.25) is 0 Å². The van der Waals surface area contributed by atoms with Crippen molar-refractivity contribution in [2.24, 2.45) is 0 Å². The van der Waals surface area contributed by atoms with E-state index in [4.69, 9.17) is 5.26 Å². The predicted octanol–water partition coefficient (Wildman–Crippen LogP) is 3.94. The summed E-state index contributed by atoms with van der Waals surface area (Å²) in [4.78, 5) is 12.3. The van der Waals surface area contributed by atoms with Gasteiger partial charge in [0.1, 0.15) is 5.82 Å². The van der Waals surface area contributed by atoms with Gasteiger partial charge in [-0.05, 0) is 66.2 Å². The lowest BCUT2D eigenvalue weighted by Gasteiger charge is -2.09. The number of benzene rings is 3. The molecule has 0 aliphatic rings. The molecular weight excluding hydrogens is 393 g/mol. The van der Waals surface area contributed by atoms with Gasteiger partial charge in [0, 0.05) is 16.9 Å². The summed E-state index contributed by atoms with van der Waals surface area (Å²) < 4.78 is 40.0. The van der Waals surface area contributed by atoms with Crippen LogP contribution in [0.25, 0.3) is 0 Å². The normalized spacial score (nSPS) is 10.8. The Morgan fingerprint density at radius 1 is 0.897 bits per heavy atom. The summed E-state index contributed by atoms with van der Waals surface area (Å²) in [6, 6.07) is 19.3. The highest BCUT2D eigenvalue weighted by Gasteiger charge is 2.14. The summed E-state index contributed by atoms with van der Waals surface area (Å²) in [5, 5.41) is 11.4. The van der Waals surface area contributed by atoms with Crippen molar-refractivity contribution in [2.75, 3.05) is 10.0 Å². The molecule has 0 spiro atoms. The predicted molar refractivity (Wildman–Crippen MR) is 107 cm³/mol. The van der Waals surface area contributed by atoms with E-state index in [2.05, 4.69) is 16.1 Å². The second-order valence-corrected chi connectivity index (χ2v) is 7.81. The Bertz CT molecular complexity index is 1150. The summed E-state index contributed by atoms with van der Waals surface area (Å²) >= 11 is 0. The molecule has 0 unspecified atom stereocenters. The summed E-state index contributed by atoms with van der Waals surface area (Å²) in [7, 11) is -3.86. The molecule has 29 heavy (non-hydrogen) atoms. The Labute approximate surface area is 167 Å². The molecule has 0 saturated carbocycles. The van der Waals surface area contributed by atoms with Crippen molar-refractivity contribution in [3.05, 3.63) is 89.7 Å². The molecule has 0 aliphatic carbocycles. The Balaban J connectivity index is 1.67. The topological polar surface area (TPSA) is 99.1 Å². The van der Waals surface area contributed by atoms with Gasteiger partial charge in [-0.15, -0.1) is 0 Å². The third-order valence-electron chi connectivity index (χ3n) is 4.02. The lowest BCUT2D eigenvalue weighted by Crippen LogP contribution is -2.14. The van der Waals surface area contributed by atoms with Gasteiger partial charge in [-0.2, -0.15) is 5.26 Å². The Morgan fingerprint density at radius 2 is 1.48 bits per heavy atom. The van der Waals surface area contributed by atoms with E-state index < -0.39 is 15.8 Å². The number of rotatable bonds is 6. The van der Waals surface area contributed by atoms with Gasteiger partial charge in [-0.3, -0.25) is 9.52 Å². The number of carbonyl (C=O) groups excluding carboxylic acids is 1. The van der Waals surface area contributed by atoms with Gasteiger partial charge in [-0.1, -0.05) is 12.1 Å². The molecule has 0 aliphatic heterocycles. The molecule has 0 radical (unpaired) electrons. The molecule has 0 atom stereocenters. The van der Waals surface area contributed by atoms with Crippen LogP contribution in [-0.2, 0) is 16.4 Å². The first kappa shape index (κ1) is 20.0. The Morgan fingerprint density at radius 3 is 2.07 bits per heavy atom. The number of nitriles is 1. The van der Waals surface area contributed by atoms with E-state index in [1.807, 2.05) is 0 Å². The first-order valence-corrected chi connectivity index (χ1v) is 10.0. The molecule has 146 valence electrons. The second-order valence-electron chi connectivity index (χ2n) is 6.12. The van der Waals surface area contributed by atoms with Crippen LogP contribution in [0.5, 0.6) is 0 Å². The molecule has 0 fully saturated rings. The first-order valence-electron chi connectivity index (χ1n) is 8.53. The van der Waals surface area contributed by atoms with E-state index in [9.17, 15) is 17.6 Å². The van der Waals surface area contributed by atoms with E-state index in [1.54, 1.807) is 24.3 Å². The van der Waals surface area contributed by atoms with Crippen LogP contribution >= 0.6 is 0 Å². The molecule has 2 N–H and O–H groups in total. The summed E-state index contributed by atoms with van der Waals surface area (Å²) in [5.41, 5.74) is 2.05. The summed E-state index contributed by atoms with van der Waals surface area (Å²) in [6.07, 6.45) is 0.295. The molecule has 6 nitrogen and oxygen atoms in total. The molecule has 0 aromatic heterocycles. The number of amides is 1. The smallest absolute Gasteiger partial charge is 0.261 e. The van der Waals surface area contributed by atoms with Gasteiger partial charge in [0.05, 0.1) is 17.4 Å². The van der Waals surface area contributed by atoms with Crippen molar-refractivity contribution >= 4 is 27.3 Å². The van der Waals surface area contributed by atoms with E-state index >= 15 is 0 Å². The van der Waals surface area contributed by atoms with Crippen LogP contribution in [0.3, 0.4) is 0 Å². The van der Waals surface area contributed by atoms with Crippen molar-refractivity contribution in [3.63, 3.8) is 0 Å². The Kier molecular flexibility index (Phi) is 5.90. The number of anilines is 2. The molecular formula is C21H16FN3O3S. The van der Waals surface area contributed by atoms with Gasteiger partial charge >= 0.3 is 0 Å². The van der Waals surface area contributed by atoms with E-state index in [0.29, 0.717) is 17.7 Å². The van der Waals surface area contributed by atoms with Gasteiger partial charge in [-0.25, -0.2) is 12.8 Å². The lowest BCUT2D eigenvalue weighted by molar-refractivity contribution is 0.102. The highest BCUT2D eigenvalue weighted by atomic mass is 32.2. The maximum absolute atomic E-state index is 13.0. The zero-order chi connectivity index (χ0) is 20.9. The summed E-state index contributed by atoms with van der Waals surface area (Å²) in [5.74, 6) is -0.884. The van der Waals surface area contributed by atoms with E-state index in [-0.39, 0.29) is 16.5 Å². The quantitative estimate of drug-likeness (QED) is 0.644. The van der Waals surface area contributed by atoms with Crippen LogP contribution < -0.4 is 10.0 Å². The average molecular weight is 409 g/mol. The molecule has 3 aromatic rings. The second kappa shape index (κ2) is 8.54. The fourth-order valence-electron chi connectivity index (χ4n) is 2.52. The van der Waals surface area contributed by atoms with Crippen molar-refractivity contribution in [3.8, 4) is 6.07 Å². The fraction of sp³-hybridized carbons (Fsp3) is 0.0476. The van der Waals surface area contributed by atoms with Crippen LogP contribution in [0.1, 0.15) is 15.9 Å². The largest absolute Gasteiger partial charge is 0.322 e. The minimum atomic E-state index is -3.86. The molecule has 1 amide bonds. The number of hydrogen-bond donors (Lipinski definition) is 2. The minimum absolute atomic E-state index is 0.0689. The molecule has 3 aromatic carbocycles. The number of nitrogens with zero attached hydrogens (tertiary/aromatic N) is 1. The minimum Gasteiger partial charge on any atom is -0.322 e. The zero-order valence-corrected chi connectivity index (χ0v) is 15.9. The van der Waals surface area contributed by atoms with E-state index in [0.717, 1.165) is 17.7 Å². The maximum atomic E-state index is 13.0. The van der Waals surface area contributed by atoms with Gasteiger partial charge in [0.2, 0.25) is 0 Å². The maximum Gasteiger partial charge on any atom is 0.261 e. The SMILES string of the molecule is N#CCc1ccc(NC(=O)c2ccc(NS(=O)(=O)c3ccc(F)cc3)cc2)cc1. The lowest BCUT2D eigenvalue weighted by atomic mass is 10.1. The number of nitrogens with one attached hydrogen (secondary N) is 2. The van der Waals surface area contributed by atoms with Gasteiger partial charge in [0.15, 0.2) is 0 Å². The van der Waals surface area contributed by atoms with Crippen LogP contribution in [-0.4, -0.2) is 14.3 Å². The molecule has 0 heterocycles. The number of carbonyl (C=O) groups is 1. The zero-order valence-electron chi connectivity index (χ0n) is 15.1. The number of hydrogen-bond acceptors (Lipinski definition) is 4. The molecule has 0 bridgehead atoms.